The Morgan fingerprint density at radius 3 is 1.86 bits per heavy atom. The summed E-state index contributed by atoms with van der Waals surface area (Å²) in [5.41, 5.74) is 1.89. The zero-order valence-corrected chi connectivity index (χ0v) is 28.4. The van der Waals surface area contributed by atoms with Crippen LogP contribution >= 0.6 is 31.9 Å². The molecule has 2 aliphatic carbocycles. The number of carbonyl (C=O) groups is 1. The number of halogens is 4. The molecule has 0 saturated heterocycles. The summed E-state index contributed by atoms with van der Waals surface area (Å²) in [5.74, 6) is 1.94. The molecule has 0 bridgehead atoms. The molecule has 2 aromatic carbocycles. The van der Waals surface area contributed by atoms with Crippen molar-refractivity contribution in [3.63, 3.8) is 0 Å². The first kappa shape index (κ1) is 36.6. The highest BCUT2D eigenvalue weighted by molar-refractivity contribution is 9.10. The Kier molecular flexibility index (Phi) is 17.1. The van der Waals surface area contributed by atoms with Crippen LogP contribution in [0.5, 0.6) is 0 Å². The third-order valence-corrected chi connectivity index (χ3v) is 9.88. The molecule has 2 nitrogen and oxygen atoms in total. The molecule has 0 radical (unpaired) electrons. The molecule has 2 aliphatic rings. The van der Waals surface area contributed by atoms with Gasteiger partial charge < -0.3 is 5.11 Å². The molecule has 1 unspecified atom stereocenters. The average molecular weight is 715 g/mol. The number of rotatable bonds is 9. The number of allylic oxidation sites excluding steroid dienone is 1. The number of aldehydes is 1. The van der Waals surface area contributed by atoms with Gasteiger partial charge in [-0.25, -0.2) is 8.78 Å². The summed E-state index contributed by atoms with van der Waals surface area (Å²) in [5, 5.41) is 10.5. The quantitative estimate of drug-likeness (QED) is 0.160. The fourth-order valence-electron chi connectivity index (χ4n) is 6.20. The van der Waals surface area contributed by atoms with Crippen molar-refractivity contribution in [3.05, 3.63) is 92.9 Å². The lowest BCUT2D eigenvalue weighted by Crippen LogP contribution is -2.19. The monoisotopic (exact) mass is 712 g/mol. The summed E-state index contributed by atoms with van der Waals surface area (Å²) in [6.07, 6.45) is 14.7. The zero-order valence-electron chi connectivity index (χ0n) is 25.3. The van der Waals surface area contributed by atoms with Crippen LogP contribution < -0.4 is 0 Å². The Balaban J connectivity index is 0.000000687. The third kappa shape index (κ3) is 12.2. The highest BCUT2D eigenvalue weighted by Gasteiger charge is 2.28. The largest absolute Gasteiger partial charge is 0.384 e. The molecule has 0 amide bonds. The van der Waals surface area contributed by atoms with Crippen molar-refractivity contribution in [2.75, 3.05) is 0 Å². The topological polar surface area (TPSA) is 37.3 Å². The number of aliphatic hydroxyl groups is 1. The van der Waals surface area contributed by atoms with E-state index in [1.807, 2.05) is 0 Å². The lowest BCUT2D eigenvalue weighted by Gasteiger charge is -2.31. The van der Waals surface area contributed by atoms with Gasteiger partial charge in [-0.3, -0.25) is 4.79 Å². The van der Waals surface area contributed by atoms with Gasteiger partial charge in [0.2, 0.25) is 0 Å². The molecule has 0 heterocycles. The van der Waals surface area contributed by atoms with Crippen LogP contribution in [-0.2, 0) is 4.79 Å². The molecule has 0 spiro atoms. The van der Waals surface area contributed by atoms with Gasteiger partial charge in [-0.2, -0.15) is 0 Å². The number of benzene rings is 2. The second kappa shape index (κ2) is 19.6. The molecule has 2 aromatic rings. The number of hydrogen-bond acceptors (Lipinski definition) is 2. The molecular weight excluding hydrogens is 662 g/mol. The molecule has 2 saturated carbocycles. The number of carbonyl (C=O) groups excluding carboxylic acids is 1. The van der Waals surface area contributed by atoms with E-state index in [1.165, 1.54) is 82.4 Å². The van der Waals surface area contributed by atoms with Crippen LogP contribution in [0.15, 0.2) is 75.7 Å². The van der Waals surface area contributed by atoms with E-state index < -0.39 is 6.10 Å². The minimum absolute atomic E-state index is 0. The van der Waals surface area contributed by atoms with E-state index in [0.29, 0.717) is 21.9 Å². The number of hydrogen-bond donors (Lipinski definition) is 1. The van der Waals surface area contributed by atoms with Crippen LogP contribution in [0.25, 0.3) is 0 Å². The number of aliphatic hydroxyl groups excluding tert-OH is 1. The van der Waals surface area contributed by atoms with Gasteiger partial charge >= 0.3 is 0 Å². The predicted molar refractivity (Wildman–Crippen MR) is 182 cm³/mol. The standard InChI is InChI=1S/C18H24BrFO.C12H20O.C6H4BrF.2H2/c1-3-5-13-8-10-14(11-9-13)12(2)18(21)17-15(19)6-4-7-16(17)20;1-3-4-11-5-7-12(8-6-11)10(2)9-13;7-5-2-1-3-6(8)4-5;;/h4,6-7,13-14,18,21H,2-3,5,8-11H2,1H3;9,11-12H,2-8H2,1H3;1-4H;2*1H. The van der Waals surface area contributed by atoms with Crippen molar-refractivity contribution in [2.45, 2.75) is 97.0 Å². The molecule has 0 aliphatic heterocycles. The van der Waals surface area contributed by atoms with E-state index in [0.717, 1.165) is 46.6 Å². The van der Waals surface area contributed by atoms with E-state index >= 15 is 0 Å². The van der Waals surface area contributed by atoms with Gasteiger partial charge in [-0.05, 0) is 117 Å². The van der Waals surface area contributed by atoms with Gasteiger partial charge in [0, 0.05) is 17.4 Å². The molecule has 2 fully saturated rings. The molecule has 42 heavy (non-hydrogen) atoms. The fourth-order valence-corrected chi connectivity index (χ4v) is 7.13. The summed E-state index contributed by atoms with van der Waals surface area (Å²) in [7, 11) is 0. The van der Waals surface area contributed by atoms with Gasteiger partial charge in [-0.15, -0.1) is 0 Å². The van der Waals surface area contributed by atoms with Crippen molar-refractivity contribution >= 4 is 38.1 Å². The van der Waals surface area contributed by atoms with Gasteiger partial charge in [0.1, 0.15) is 24.0 Å². The van der Waals surface area contributed by atoms with Crippen molar-refractivity contribution < 1.29 is 21.5 Å². The molecule has 4 rings (SSSR count). The van der Waals surface area contributed by atoms with E-state index in [2.05, 4.69) is 58.9 Å². The summed E-state index contributed by atoms with van der Waals surface area (Å²) < 4.78 is 27.5. The first-order valence-corrected chi connectivity index (χ1v) is 17.0. The normalized spacial score (nSPS) is 22.5. The minimum atomic E-state index is -0.923. The van der Waals surface area contributed by atoms with Crippen LogP contribution in [0.1, 0.15) is 105 Å². The highest BCUT2D eigenvalue weighted by atomic mass is 79.9. The van der Waals surface area contributed by atoms with E-state index in [1.54, 1.807) is 24.3 Å². The maximum Gasteiger partial charge on any atom is 0.145 e. The maximum atomic E-state index is 14.0. The molecular formula is C36H52Br2F2O2. The Morgan fingerprint density at radius 1 is 0.905 bits per heavy atom. The van der Waals surface area contributed by atoms with Crippen molar-refractivity contribution in [3.8, 4) is 0 Å². The average Bonchev–Trinajstić information content (AvgIpc) is 2.98. The van der Waals surface area contributed by atoms with Crippen molar-refractivity contribution in [2.24, 2.45) is 23.7 Å². The Hall–Kier alpha value is -1.63. The van der Waals surface area contributed by atoms with Crippen LogP contribution in [0.3, 0.4) is 0 Å². The highest BCUT2D eigenvalue weighted by Crippen LogP contribution is 2.41. The minimum Gasteiger partial charge on any atom is -0.384 e. The van der Waals surface area contributed by atoms with Crippen molar-refractivity contribution in [1.29, 1.82) is 0 Å². The zero-order chi connectivity index (χ0) is 31.1. The molecule has 1 atom stereocenters. The summed E-state index contributed by atoms with van der Waals surface area (Å²) >= 11 is 6.45. The van der Waals surface area contributed by atoms with Crippen LogP contribution in [-0.4, -0.2) is 11.4 Å². The van der Waals surface area contributed by atoms with Gasteiger partial charge in [0.15, 0.2) is 0 Å². The smallest absolute Gasteiger partial charge is 0.145 e. The lowest BCUT2D eigenvalue weighted by atomic mass is 9.75. The first-order valence-electron chi connectivity index (χ1n) is 15.5. The SMILES string of the molecule is C=C(C1CCC(CCC)CC1)C(O)c1c(F)cccc1Br.C=C(C=O)C1CCC(CCC)CC1.Fc1cccc(Br)c1.[HH].[HH]. The van der Waals surface area contributed by atoms with Gasteiger partial charge in [0.25, 0.3) is 0 Å². The molecule has 0 aromatic heterocycles. The Bertz CT molecular complexity index is 1090. The third-order valence-electron chi connectivity index (χ3n) is 8.70. The first-order chi connectivity index (χ1) is 20.1. The molecule has 6 heteroatoms. The van der Waals surface area contributed by atoms with E-state index in [-0.39, 0.29) is 14.5 Å². The van der Waals surface area contributed by atoms with Gasteiger partial charge in [-0.1, -0.05) is 96.7 Å². The Labute approximate surface area is 272 Å². The van der Waals surface area contributed by atoms with Gasteiger partial charge in [0.05, 0.1) is 0 Å². The van der Waals surface area contributed by atoms with Crippen LogP contribution in [0.2, 0.25) is 0 Å². The molecule has 1 N–H and O–H groups in total. The predicted octanol–water partition coefficient (Wildman–Crippen LogP) is 12.2. The van der Waals surface area contributed by atoms with Crippen molar-refractivity contribution in [1.82, 2.24) is 0 Å². The maximum absolute atomic E-state index is 14.0. The summed E-state index contributed by atoms with van der Waals surface area (Å²) in [4.78, 5) is 10.5. The summed E-state index contributed by atoms with van der Waals surface area (Å²) in [6.45, 7) is 12.3. The second-order valence-electron chi connectivity index (χ2n) is 11.8. The Morgan fingerprint density at radius 2 is 1.43 bits per heavy atom. The molecule has 236 valence electrons. The second-order valence-corrected chi connectivity index (χ2v) is 13.5. The lowest BCUT2D eigenvalue weighted by molar-refractivity contribution is -0.105. The van der Waals surface area contributed by atoms with E-state index in [9.17, 15) is 18.7 Å². The van der Waals surface area contributed by atoms with E-state index in [4.69, 9.17) is 0 Å². The summed E-state index contributed by atoms with van der Waals surface area (Å²) in [6, 6.07) is 11.0. The van der Waals surface area contributed by atoms with Crippen LogP contribution in [0, 0.1) is 35.3 Å². The fraction of sp³-hybridized carbons (Fsp3) is 0.528. The van der Waals surface area contributed by atoms with Crippen LogP contribution in [0.4, 0.5) is 8.78 Å².